The van der Waals surface area contributed by atoms with Crippen molar-refractivity contribution in [3.8, 4) is 5.75 Å². The number of hydrogen-bond donors (Lipinski definition) is 3. The second-order valence-corrected chi connectivity index (χ2v) is 10.9. The van der Waals surface area contributed by atoms with Crippen molar-refractivity contribution in [1.29, 1.82) is 0 Å². The first-order chi connectivity index (χ1) is 16.0. The van der Waals surface area contributed by atoms with Crippen molar-refractivity contribution in [1.82, 2.24) is 9.03 Å². The van der Waals surface area contributed by atoms with Crippen LogP contribution in [0.5, 0.6) is 5.75 Å². The van der Waals surface area contributed by atoms with Gasteiger partial charge >= 0.3 is 6.09 Å². The Morgan fingerprint density at radius 3 is 2.38 bits per heavy atom. The molecule has 1 atom stereocenters. The number of sulfonamides is 1. The molecule has 1 aliphatic heterocycles. The van der Waals surface area contributed by atoms with Gasteiger partial charge in [-0.3, -0.25) is 9.62 Å². The van der Waals surface area contributed by atoms with Gasteiger partial charge < -0.3 is 9.84 Å². The zero-order valence-corrected chi connectivity index (χ0v) is 20.1. The fraction of sp³-hybridized carbons (Fsp3) is 0.350. The molecule has 0 saturated carbocycles. The van der Waals surface area contributed by atoms with E-state index in [2.05, 4.69) is 10.0 Å². The van der Waals surface area contributed by atoms with Crippen LogP contribution in [-0.4, -0.2) is 64.6 Å². The minimum absolute atomic E-state index is 0.0541. The molecule has 0 radical (unpaired) electrons. The van der Waals surface area contributed by atoms with Crippen molar-refractivity contribution in [2.45, 2.75) is 24.8 Å². The minimum atomic E-state index is -4.23. The van der Waals surface area contributed by atoms with Gasteiger partial charge in [-0.15, -0.1) is 0 Å². The molecule has 14 heteroatoms. The zero-order chi connectivity index (χ0) is 25.1. The van der Waals surface area contributed by atoms with Crippen LogP contribution in [-0.2, 0) is 20.2 Å². The van der Waals surface area contributed by atoms with Gasteiger partial charge in [0.05, 0.1) is 23.7 Å². The van der Waals surface area contributed by atoms with Gasteiger partial charge in [-0.1, -0.05) is 13.8 Å². The highest BCUT2D eigenvalue weighted by atomic mass is 32.2. The lowest BCUT2D eigenvalue weighted by Crippen LogP contribution is -2.50. The van der Waals surface area contributed by atoms with Crippen molar-refractivity contribution < 1.29 is 35.9 Å². The summed E-state index contributed by atoms with van der Waals surface area (Å²) in [4.78, 5) is 10.8. The second-order valence-electron chi connectivity index (χ2n) is 7.28. The fourth-order valence-electron chi connectivity index (χ4n) is 3.43. The molecule has 1 unspecified atom stereocenters. The smallest absolute Gasteiger partial charge is 0.409 e. The number of fused-ring (bicyclic) bond motifs is 1. The molecular formula is C20H25FN4O7S2. The molecule has 186 valence electrons. The van der Waals surface area contributed by atoms with E-state index in [0.717, 1.165) is 28.6 Å². The molecule has 11 nitrogen and oxygen atoms in total. The maximum Gasteiger partial charge on any atom is 0.409 e. The van der Waals surface area contributed by atoms with E-state index in [0.29, 0.717) is 0 Å². The number of ether oxygens (including phenoxy) is 1. The molecule has 34 heavy (non-hydrogen) atoms. The number of carbonyl (C=O) groups is 1. The Kier molecular flexibility index (Phi) is 7.65. The number of rotatable bonds is 9. The van der Waals surface area contributed by atoms with E-state index in [1.807, 2.05) is 0 Å². The van der Waals surface area contributed by atoms with E-state index < -0.39 is 38.2 Å². The quantitative estimate of drug-likeness (QED) is 0.462. The average molecular weight is 517 g/mol. The molecule has 3 rings (SSSR count). The Hall–Kier alpha value is -2.94. The highest BCUT2D eigenvalue weighted by molar-refractivity contribution is 7.92. The van der Waals surface area contributed by atoms with E-state index in [9.17, 15) is 26.0 Å². The van der Waals surface area contributed by atoms with Gasteiger partial charge in [0.1, 0.15) is 17.7 Å². The van der Waals surface area contributed by atoms with Crippen molar-refractivity contribution >= 4 is 37.7 Å². The number of amides is 1. The topological polar surface area (TPSA) is 145 Å². The maximum absolute atomic E-state index is 13.4. The summed E-state index contributed by atoms with van der Waals surface area (Å²) in [5.74, 6) is -0.502. The molecule has 1 heterocycles. The number of benzene rings is 2. The first kappa shape index (κ1) is 25.7. The average Bonchev–Trinajstić information content (AvgIpc) is 2.77. The number of hydrogen-bond acceptors (Lipinski definition) is 6. The van der Waals surface area contributed by atoms with E-state index in [1.54, 1.807) is 13.8 Å². The second kappa shape index (κ2) is 10.1. The summed E-state index contributed by atoms with van der Waals surface area (Å²) in [6.07, 6.45) is -2.24. The van der Waals surface area contributed by atoms with Crippen LogP contribution in [0.4, 0.5) is 20.6 Å². The lowest BCUT2D eigenvalue weighted by molar-refractivity contribution is 0.202. The summed E-state index contributed by atoms with van der Waals surface area (Å²) in [6, 6.07) is 8.30. The Morgan fingerprint density at radius 1 is 1.15 bits per heavy atom. The lowest BCUT2D eigenvalue weighted by atomic mass is 10.2. The van der Waals surface area contributed by atoms with Crippen LogP contribution in [0.2, 0.25) is 0 Å². The molecule has 3 N–H and O–H groups in total. The standard InChI is InChI=1S/C20H25FN4O7S2/c1-3-24(4-2)34(30,31)22-12-16-13-25(33(28,29)17-8-5-14(21)6-9-17)18-11-15(23-20(26)27)7-10-19(18)32-16/h5-11,16,22-23H,3-4,12-13H2,1-2H3,(H,26,27). The lowest BCUT2D eigenvalue weighted by Gasteiger charge is -2.36. The van der Waals surface area contributed by atoms with Crippen molar-refractivity contribution in [3.63, 3.8) is 0 Å². The summed E-state index contributed by atoms with van der Waals surface area (Å²) in [5.41, 5.74) is 0.160. The Balaban J connectivity index is 1.97. The molecule has 1 aliphatic rings. The highest BCUT2D eigenvalue weighted by Crippen LogP contribution is 2.39. The largest absolute Gasteiger partial charge is 0.485 e. The third-order valence-corrected chi connectivity index (χ3v) is 8.60. The van der Waals surface area contributed by atoms with Crippen LogP contribution in [0.1, 0.15) is 13.8 Å². The number of halogens is 1. The van der Waals surface area contributed by atoms with Crippen LogP contribution >= 0.6 is 0 Å². The SMILES string of the molecule is CCN(CC)S(=O)(=O)NCC1CN(S(=O)(=O)c2ccc(F)cc2)c2cc(NC(=O)O)ccc2O1. The Labute approximate surface area is 197 Å². The molecule has 0 spiro atoms. The van der Waals surface area contributed by atoms with E-state index in [1.165, 1.54) is 22.5 Å². The molecule has 0 aliphatic carbocycles. The molecule has 0 fully saturated rings. The van der Waals surface area contributed by atoms with Crippen LogP contribution in [0.25, 0.3) is 0 Å². The van der Waals surface area contributed by atoms with Gasteiger partial charge in [-0.25, -0.2) is 17.6 Å². The molecule has 0 aromatic heterocycles. The van der Waals surface area contributed by atoms with Crippen LogP contribution in [0, 0.1) is 5.82 Å². The number of nitrogens with zero attached hydrogens (tertiary/aromatic N) is 2. The summed E-state index contributed by atoms with van der Waals surface area (Å²) < 4.78 is 75.6. The van der Waals surface area contributed by atoms with Crippen molar-refractivity contribution in [2.75, 3.05) is 35.8 Å². The van der Waals surface area contributed by atoms with Gasteiger partial charge in [-0.2, -0.15) is 17.4 Å². The van der Waals surface area contributed by atoms with Gasteiger partial charge in [0.2, 0.25) is 0 Å². The molecular weight excluding hydrogens is 491 g/mol. The van der Waals surface area contributed by atoms with Gasteiger partial charge in [0, 0.05) is 18.8 Å². The van der Waals surface area contributed by atoms with E-state index in [4.69, 9.17) is 9.84 Å². The third-order valence-electron chi connectivity index (χ3n) is 5.08. The van der Waals surface area contributed by atoms with Gasteiger partial charge in [0.15, 0.2) is 0 Å². The number of carboxylic acid groups (broad SMARTS) is 1. The fourth-order valence-corrected chi connectivity index (χ4v) is 6.19. The predicted molar refractivity (Wildman–Crippen MR) is 123 cm³/mol. The molecule has 0 saturated heterocycles. The summed E-state index contributed by atoms with van der Waals surface area (Å²) in [7, 11) is -8.04. The van der Waals surface area contributed by atoms with Crippen LogP contribution in [0.15, 0.2) is 47.4 Å². The van der Waals surface area contributed by atoms with Gasteiger partial charge in [0.25, 0.3) is 20.2 Å². The summed E-state index contributed by atoms with van der Waals surface area (Å²) in [5, 5.41) is 11.1. The normalized spacial score (nSPS) is 16.1. The van der Waals surface area contributed by atoms with E-state index in [-0.39, 0.29) is 48.2 Å². The monoisotopic (exact) mass is 516 g/mol. The zero-order valence-electron chi connectivity index (χ0n) is 18.4. The van der Waals surface area contributed by atoms with Crippen molar-refractivity contribution in [2.24, 2.45) is 0 Å². The summed E-state index contributed by atoms with van der Waals surface area (Å²) >= 11 is 0. The number of anilines is 2. The summed E-state index contributed by atoms with van der Waals surface area (Å²) in [6.45, 7) is 3.40. The highest BCUT2D eigenvalue weighted by Gasteiger charge is 2.35. The van der Waals surface area contributed by atoms with Crippen LogP contribution < -0.4 is 19.1 Å². The third kappa shape index (κ3) is 5.58. The maximum atomic E-state index is 13.4. The molecule has 1 amide bonds. The minimum Gasteiger partial charge on any atom is -0.485 e. The van der Waals surface area contributed by atoms with Crippen molar-refractivity contribution in [3.05, 3.63) is 48.3 Å². The Bertz CT molecular complexity index is 1250. The Morgan fingerprint density at radius 2 is 1.79 bits per heavy atom. The van der Waals surface area contributed by atoms with Crippen LogP contribution in [0.3, 0.4) is 0 Å². The molecule has 2 aromatic rings. The first-order valence-electron chi connectivity index (χ1n) is 10.3. The predicted octanol–water partition coefficient (Wildman–Crippen LogP) is 2.05. The number of nitrogens with one attached hydrogen (secondary N) is 2. The molecule has 2 aromatic carbocycles. The molecule has 0 bridgehead atoms. The first-order valence-corrected chi connectivity index (χ1v) is 13.2. The van der Waals surface area contributed by atoms with Gasteiger partial charge in [-0.05, 0) is 42.5 Å². The van der Waals surface area contributed by atoms with E-state index >= 15 is 0 Å².